The number of nitrogens with zero attached hydrogens (tertiary/aromatic N) is 2. The SMILES string of the molecule is CN(C)CCNCC1CCN(c2ccc(NC(=O)OC(C)(C)C)cc2)CC1. The van der Waals surface area contributed by atoms with Crippen molar-refractivity contribution in [3.63, 3.8) is 0 Å². The van der Waals surface area contributed by atoms with Gasteiger partial charge in [0, 0.05) is 37.6 Å². The summed E-state index contributed by atoms with van der Waals surface area (Å²) in [6.07, 6.45) is 2.01. The average molecular weight is 377 g/mol. The zero-order valence-corrected chi connectivity index (χ0v) is 17.5. The lowest BCUT2D eigenvalue weighted by Crippen LogP contribution is -2.38. The highest BCUT2D eigenvalue weighted by molar-refractivity contribution is 5.85. The maximum Gasteiger partial charge on any atom is 0.412 e. The van der Waals surface area contributed by atoms with Gasteiger partial charge >= 0.3 is 6.09 Å². The van der Waals surface area contributed by atoms with Crippen LogP contribution >= 0.6 is 0 Å². The van der Waals surface area contributed by atoms with Gasteiger partial charge in [-0.25, -0.2) is 4.79 Å². The van der Waals surface area contributed by atoms with Crippen molar-refractivity contribution in [2.45, 2.75) is 39.2 Å². The molecule has 1 aromatic carbocycles. The van der Waals surface area contributed by atoms with Crippen LogP contribution in [0.3, 0.4) is 0 Å². The summed E-state index contributed by atoms with van der Waals surface area (Å²) < 4.78 is 5.28. The van der Waals surface area contributed by atoms with Gasteiger partial charge in [0.15, 0.2) is 0 Å². The fraction of sp³-hybridized carbons (Fsp3) is 0.667. The summed E-state index contributed by atoms with van der Waals surface area (Å²) >= 11 is 0. The first-order chi connectivity index (χ1) is 12.7. The van der Waals surface area contributed by atoms with Crippen molar-refractivity contribution in [2.75, 3.05) is 57.0 Å². The van der Waals surface area contributed by atoms with Crippen LogP contribution in [0.2, 0.25) is 0 Å². The number of carbonyl (C=O) groups is 1. The highest BCUT2D eigenvalue weighted by atomic mass is 16.6. The molecule has 0 spiro atoms. The number of hydrogen-bond acceptors (Lipinski definition) is 5. The Balaban J connectivity index is 1.74. The van der Waals surface area contributed by atoms with E-state index in [-0.39, 0.29) is 0 Å². The van der Waals surface area contributed by atoms with Crippen LogP contribution in [-0.2, 0) is 4.74 Å². The van der Waals surface area contributed by atoms with Gasteiger partial charge in [-0.1, -0.05) is 0 Å². The van der Waals surface area contributed by atoms with Crippen LogP contribution < -0.4 is 15.5 Å². The van der Waals surface area contributed by atoms with Crippen LogP contribution in [0.1, 0.15) is 33.6 Å². The van der Waals surface area contributed by atoms with Crippen molar-refractivity contribution >= 4 is 17.5 Å². The van der Waals surface area contributed by atoms with Crippen LogP contribution in [0.15, 0.2) is 24.3 Å². The molecule has 1 saturated heterocycles. The quantitative estimate of drug-likeness (QED) is 0.715. The Morgan fingerprint density at radius 2 is 1.81 bits per heavy atom. The molecule has 0 unspecified atom stereocenters. The first-order valence-electron chi connectivity index (χ1n) is 9.93. The molecule has 6 nitrogen and oxygen atoms in total. The number of carbonyl (C=O) groups excluding carboxylic acids is 1. The van der Waals surface area contributed by atoms with E-state index in [2.05, 4.69) is 46.7 Å². The molecule has 1 fully saturated rings. The van der Waals surface area contributed by atoms with Crippen molar-refractivity contribution in [3.8, 4) is 0 Å². The van der Waals surface area contributed by atoms with E-state index in [1.807, 2.05) is 32.9 Å². The summed E-state index contributed by atoms with van der Waals surface area (Å²) in [5.41, 5.74) is 1.48. The van der Waals surface area contributed by atoms with Gasteiger partial charge < -0.3 is 19.9 Å². The monoisotopic (exact) mass is 376 g/mol. The molecule has 152 valence electrons. The van der Waals surface area contributed by atoms with Gasteiger partial charge in [-0.2, -0.15) is 0 Å². The largest absolute Gasteiger partial charge is 0.444 e. The fourth-order valence-electron chi connectivity index (χ4n) is 3.18. The summed E-state index contributed by atoms with van der Waals surface area (Å²) in [6.45, 7) is 11.0. The van der Waals surface area contributed by atoms with Crippen LogP contribution in [0.5, 0.6) is 0 Å². The van der Waals surface area contributed by atoms with Crippen molar-refractivity contribution < 1.29 is 9.53 Å². The molecule has 1 aliphatic heterocycles. The highest BCUT2D eigenvalue weighted by Gasteiger charge is 2.19. The van der Waals surface area contributed by atoms with Gasteiger partial charge in [0.2, 0.25) is 0 Å². The highest BCUT2D eigenvalue weighted by Crippen LogP contribution is 2.24. The first kappa shape index (κ1) is 21.5. The summed E-state index contributed by atoms with van der Waals surface area (Å²) in [6, 6.07) is 8.02. The first-order valence-corrected chi connectivity index (χ1v) is 9.93. The van der Waals surface area contributed by atoms with E-state index in [1.54, 1.807) is 0 Å². The number of ether oxygens (including phenoxy) is 1. The predicted molar refractivity (Wildman–Crippen MR) is 113 cm³/mol. The standard InChI is InChI=1S/C21H36N4O2/c1-21(2,3)27-20(26)23-18-6-8-19(9-7-18)25-13-10-17(11-14-25)16-22-12-15-24(4)5/h6-9,17,22H,10-16H2,1-5H3,(H,23,26). The lowest BCUT2D eigenvalue weighted by molar-refractivity contribution is 0.0636. The zero-order chi connectivity index (χ0) is 19.9. The molecule has 0 radical (unpaired) electrons. The number of hydrogen-bond donors (Lipinski definition) is 2. The van der Waals surface area contributed by atoms with E-state index in [0.717, 1.165) is 44.3 Å². The molecule has 6 heteroatoms. The van der Waals surface area contributed by atoms with Crippen LogP contribution in [-0.4, -0.2) is 63.4 Å². The van der Waals surface area contributed by atoms with Crippen LogP contribution in [0.4, 0.5) is 16.2 Å². The Morgan fingerprint density at radius 1 is 1.19 bits per heavy atom. The van der Waals surface area contributed by atoms with E-state index >= 15 is 0 Å². The second-order valence-electron chi connectivity index (χ2n) is 8.61. The molecule has 1 amide bonds. The normalized spacial score (nSPS) is 15.9. The minimum atomic E-state index is -0.490. The molecule has 1 aliphatic rings. The molecule has 0 aliphatic carbocycles. The number of amides is 1. The third kappa shape index (κ3) is 8.18. The summed E-state index contributed by atoms with van der Waals surface area (Å²) in [5, 5.41) is 6.35. The van der Waals surface area contributed by atoms with Crippen molar-refractivity contribution in [2.24, 2.45) is 5.92 Å². The topological polar surface area (TPSA) is 56.8 Å². The van der Waals surface area contributed by atoms with Crippen LogP contribution in [0, 0.1) is 5.92 Å². The second-order valence-corrected chi connectivity index (χ2v) is 8.61. The van der Waals surface area contributed by atoms with Gasteiger partial charge in [-0.15, -0.1) is 0 Å². The molecular weight excluding hydrogens is 340 g/mol. The average Bonchev–Trinajstić information content (AvgIpc) is 2.58. The van der Waals surface area contributed by atoms with Gasteiger partial charge in [0.05, 0.1) is 0 Å². The van der Waals surface area contributed by atoms with Crippen LogP contribution in [0.25, 0.3) is 0 Å². The molecule has 0 bridgehead atoms. The molecule has 1 aromatic rings. The number of nitrogens with one attached hydrogen (secondary N) is 2. The minimum Gasteiger partial charge on any atom is -0.444 e. The van der Waals surface area contributed by atoms with Gasteiger partial charge in [-0.3, -0.25) is 5.32 Å². The third-order valence-electron chi connectivity index (χ3n) is 4.66. The third-order valence-corrected chi connectivity index (χ3v) is 4.66. The molecule has 2 rings (SSSR count). The molecule has 27 heavy (non-hydrogen) atoms. The Morgan fingerprint density at radius 3 is 2.37 bits per heavy atom. The summed E-state index contributed by atoms with van der Waals surface area (Å²) in [7, 11) is 4.21. The van der Waals surface area contributed by atoms with E-state index in [0.29, 0.717) is 0 Å². The Hall–Kier alpha value is -1.79. The molecular formula is C21H36N4O2. The number of rotatable bonds is 7. The van der Waals surface area contributed by atoms with Gasteiger partial charge in [0.1, 0.15) is 5.60 Å². The minimum absolute atomic E-state index is 0.419. The Labute approximate surface area is 164 Å². The van der Waals surface area contributed by atoms with E-state index in [9.17, 15) is 4.79 Å². The smallest absolute Gasteiger partial charge is 0.412 e. The Bertz CT molecular complexity index is 573. The summed E-state index contributed by atoms with van der Waals surface area (Å²) in [4.78, 5) is 16.5. The maximum absolute atomic E-state index is 11.8. The fourth-order valence-corrected chi connectivity index (χ4v) is 3.18. The van der Waals surface area contributed by atoms with E-state index < -0.39 is 11.7 Å². The van der Waals surface area contributed by atoms with Gasteiger partial charge in [-0.05, 0) is 84.4 Å². The lowest BCUT2D eigenvalue weighted by atomic mass is 9.96. The zero-order valence-electron chi connectivity index (χ0n) is 17.5. The Kier molecular flexibility index (Phi) is 7.92. The van der Waals surface area contributed by atoms with E-state index in [1.165, 1.54) is 18.5 Å². The van der Waals surface area contributed by atoms with Crippen molar-refractivity contribution in [1.29, 1.82) is 0 Å². The van der Waals surface area contributed by atoms with Crippen molar-refractivity contribution in [1.82, 2.24) is 10.2 Å². The molecule has 0 saturated carbocycles. The number of anilines is 2. The number of piperidine rings is 1. The summed E-state index contributed by atoms with van der Waals surface area (Å²) in [5.74, 6) is 0.761. The molecule has 2 N–H and O–H groups in total. The molecule has 1 heterocycles. The maximum atomic E-state index is 11.8. The lowest BCUT2D eigenvalue weighted by Gasteiger charge is -2.34. The number of benzene rings is 1. The number of likely N-dealkylation sites (N-methyl/N-ethyl adjacent to an activating group) is 1. The van der Waals surface area contributed by atoms with Crippen molar-refractivity contribution in [3.05, 3.63) is 24.3 Å². The second kappa shape index (κ2) is 9.95. The predicted octanol–water partition coefficient (Wildman–Crippen LogP) is 3.40. The van der Waals surface area contributed by atoms with E-state index in [4.69, 9.17) is 4.74 Å². The molecule has 0 aromatic heterocycles. The van der Waals surface area contributed by atoms with Gasteiger partial charge in [0.25, 0.3) is 0 Å². The molecule has 0 atom stereocenters.